The minimum atomic E-state index is -0.978. The Kier molecular flexibility index (Phi) is 4.26. The van der Waals surface area contributed by atoms with Crippen molar-refractivity contribution in [2.45, 2.75) is 17.5 Å². The number of thioether (sulfide) groups is 1. The minimum Gasteiger partial charge on any atom is -0.480 e. The quantitative estimate of drug-likeness (QED) is 0.824. The topological polar surface area (TPSA) is 93.8 Å². The van der Waals surface area contributed by atoms with Crippen LogP contribution in [-0.4, -0.2) is 36.3 Å². The smallest absolute Gasteiger partial charge is 0.325 e. The normalized spacial score (nSPS) is 10.5. The van der Waals surface area contributed by atoms with Crippen molar-refractivity contribution in [3.63, 3.8) is 0 Å². The van der Waals surface area contributed by atoms with Crippen molar-refractivity contribution in [1.29, 1.82) is 0 Å². The van der Waals surface area contributed by atoms with Gasteiger partial charge >= 0.3 is 5.97 Å². The van der Waals surface area contributed by atoms with Crippen LogP contribution in [0.3, 0.4) is 0 Å². The van der Waals surface area contributed by atoms with E-state index in [1.807, 2.05) is 6.07 Å². The first-order valence-electron chi connectivity index (χ1n) is 4.85. The maximum absolute atomic E-state index is 10.6. The molecule has 0 aliphatic heterocycles. The van der Waals surface area contributed by atoms with Gasteiger partial charge in [0.05, 0.1) is 0 Å². The highest BCUT2D eigenvalue weighted by Gasteiger charge is 2.10. The molecule has 0 saturated heterocycles. The SMILES string of the molecule is O=C(O)Cn1nnnc1SCc1cncc(Br)c1. The molecule has 9 heteroatoms. The van der Waals surface area contributed by atoms with Gasteiger partial charge in [0.1, 0.15) is 6.54 Å². The summed E-state index contributed by atoms with van der Waals surface area (Å²) < 4.78 is 2.14. The molecule has 0 unspecified atom stereocenters. The zero-order chi connectivity index (χ0) is 13.0. The lowest BCUT2D eigenvalue weighted by Gasteiger charge is -2.01. The molecule has 2 rings (SSSR count). The number of carboxylic acid groups (broad SMARTS) is 1. The van der Waals surface area contributed by atoms with Crippen LogP contribution in [-0.2, 0) is 17.1 Å². The molecule has 0 atom stereocenters. The molecule has 94 valence electrons. The first kappa shape index (κ1) is 13.0. The Hall–Kier alpha value is -1.48. The predicted molar refractivity (Wildman–Crippen MR) is 67.0 cm³/mol. The number of aliphatic carboxylic acids is 1. The predicted octanol–water partition coefficient (Wildman–Crippen LogP) is 1.21. The molecule has 7 nitrogen and oxygen atoms in total. The van der Waals surface area contributed by atoms with E-state index in [0.717, 1.165) is 10.0 Å². The molecule has 0 saturated carbocycles. The van der Waals surface area contributed by atoms with E-state index in [9.17, 15) is 4.79 Å². The number of nitrogens with zero attached hydrogens (tertiary/aromatic N) is 5. The Balaban J connectivity index is 2.02. The van der Waals surface area contributed by atoms with Gasteiger partial charge in [0.15, 0.2) is 0 Å². The van der Waals surface area contributed by atoms with E-state index in [2.05, 4.69) is 36.4 Å². The van der Waals surface area contributed by atoms with Crippen LogP contribution in [0.4, 0.5) is 0 Å². The van der Waals surface area contributed by atoms with Gasteiger partial charge in [-0.2, -0.15) is 0 Å². The second-order valence-electron chi connectivity index (χ2n) is 3.31. The number of tetrazole rings is 1. The molecule has 0 radical (unpaired) electrons. The Morgan fingerprint density at radius 2 is 2.33 bits per heavy atom. The number of carboxylic acids is 1. The van der Waals surface area contributed by atoms with Crippen molar-refractivity contribution in [2.24, 2.45) is 0 Å². The molecule has 0 spiro atoms. The molecule has 2 aromatic heterocycles. The molecule has 0 fully saturated rings. The van der Waals surface area contributed by atoms with Crippen LogP contribution in [0.25, 0.3) is 0 Å². The highest BCUT2D eigenvalue weighted by atomic mass is 79.9. The van der Waals surface area contributed by atoms with Crippen LogP contribution in [0, 0.1) is 0 Å². The summed E-state index contributed by atoms with van der Waals surface area (Å²) in [5.41, 5.74) is 0.999. The van der Waals surface area contributed by atoms with Crippen molar-refractivity contribution >= 4 is 33.7 Å². The Morgan fingerprint density at radius 1 is 1.50 bits per heavy atom. The summed E-state index contributed by atoms with van der Waals surface area (Å²) in [6.07, 6.45) is 3.44. The number of halogens is 1. The number of aromatic nitrogens is 5. The molecule has 18 heavy (non-hydrogen) atoms. The van der Waals surface area contributed by atoms with E-state index in [1.165, 1.54) is 16.4 Å². The van der Waals surface area contributed by atoms with E-state index < -0.39 is 5.97 Å². The minimum absolute atomic E-state index is 0.244. The molecular weight excluding hydrogens is 322 g/mol. The van der Waals surface area contributed by atoms with Crippen molar-refractivity contribution in [3.05, 3.63) is 28.5 Å². The summed E-state index contributed by atoms with van der Waals surface area (Å²) in [5, 5.41) is 20.0. The number of hydrogen-bond acceptors (Lipinski definition) is 6. The second kappa shape index (κ2) is 5.91. The van der Waals surface area contributed by atoms with Gasteiger partial charge in [0.25, 0.3) is 0 Å². The average Bonchev–Trinajstić information content (AvgIpc) is 2.73. The molecule has 0 aliphatic rings. The Morgan fingerprint density at radius 3 is 3.06 bits per heavy atom. The van der Waals surface area contributed by atoms with Gasteiger partial charge in [0, 0.05) is 22.6 Å². The van der Waals surface area contributed by atoms with Crippen LogP contribution in [0.15, 0.2) is 28.1 Å². The van der Waals surface area contributed by atoms with Crippen molar-refractivity contribution in [3.8, 4) is 0 Å². The summed E-state index contributed by atoms with van der Waals surface area (Å²) >= 11 is 4.69. The van der Waals surface area contributed by atoms with Crippen LogP contribution >= 0.6 is 27.7 Å². The number of rotatable bonds is 5. The van der Waals surface area contributed by atoms with Crippen LogP contribution in [0.5, 0.6) is 0 Å². The van der Waals surface area contributed by atoms with Gasteiger partial charge in [-0.3, -0.25) is 9.78 Å². The van der Waals surface area contributed by atoms with Gasteiger partial charge in [-0.15, -0.1) is 5.10 Å². The lowest BCUT2D eigenvalue weighted by molar-refractivity contribution is -0.138. The fourth-order valence-corrected chi connectivity index (χ4v) is 2.42. The standard InChI is InChI=1S/C9H8BrN5O2S/c10-7-1-6(2-11-3-7)5-18-9-12-13-14-15(9)4-8(16)17/h1-3H,4-5H2,(H,16,17). The molecule has 2 aromatic rings. The lowest BCUT2D eigenvalue weighted by atomic mass is 10.3. The number of hydrogen-bond donors (Lipinski definition) is 1. The molecule has 0 bridgehead atoms. The van der Waals surface area contributed by atoms with Gasteiger partial charge in [0.2, 0.25) is 5.16 Å². The fraction of sp³-hybridized carbons (Fsp3) is 0.222. The molecule has 0 aromatic carbocycles. The summed E-state index contributed by atoms with van der Waals surface area (Å²) in [4.78, 5) is 14.6. The maximum atomic E-state index is 10.6. The van der Waals surface area contributed by atoms with Crippen molar-refractivity contribution in [2.75, 3.05) is 0 Å². The van der Waals surface area contributed by atoms with E-state index in [-0.39, 0.29) is 6.54 Å². The van der Waals surface area contributed by atoms with Crippen LogP contribution in [0.1, 0.15) is 5.56 Å². The summed E-state index contributed by atoms with van der Waals surface area (Å²) in [6.45, 7) is -0.244. The van der Waals surface area contributed by atoms with Crippen LogP contribution < -0.4 is 0 Å². The van der Waals surface area contributed by atoms with Crippen molar-refractivity contribution < 1.29 is 9.90 Å². The maximum Gasteiger partial charge on any atom is 0.325 e. The van der Waals surface area contributed by atoms with Gasteiger partial charge < -0.3 is 5.11 Å². The monoisotopic (exact) mass is 329 g/mol. The summed E-state index contributed by atoms with van der Waals surface area (Å²) in [5.74, 6) is -0.361. The second-order valence-corrected chi connectivity index (χ2v) is 5.17. The highest BCUT2D eigenvalue weighted by Crippen LogP contribution is 2.21. The largest absolute Gasteiger partial charge is 0.480 e. The molecule has 2 heterocycles. The van der Waals surface area contributed by atoms with Crippen molar-refractivity contribution in [1.82, 2.24) is 25.2 Å². The third-order valence-corrected chi connectivity index (χ3v) is 3.38. The van der Waals surface area contributed by atoms with E-state index in [4.69, 9.17) is 5.11 Å². The average molecular weight is 330 g/mol. The van der Waals surface area contributed by atoms with Gasteiger partial charge in [-0.25, -0.2) is 4.68 Å². The Labute approximate surface area is 115 Å². The fourth-order valence-electron chi connectivity index (χ4n) is 1.21. The molecule has 0 aliphatic carbocycles. The van der Waals surface area contributed by atoms with E-state index in [1.54, 1.807) is 12.4 Å². The third-order valence-electron chi connectivity index (χ3n) is 1.91. The van der Waals surface area contributed by atoms with Crippen LogP contribution in [0.2, 0.25) is 0 Å². The third kappa shape index (κ3) is 3.50. The first-order chi connectivity index (χ1) is 8.65. The summed E-state index contributed by atoms with van der Waals surface area (Å²) in [6, 6.07) is 1.94. The van der Waals surface area contributed by atoms with Gasteiger partial charge in [-0.05, 0) is 38.0 Å². The highest BCUT2D eigenvalue weighted by molar-refractivity contribution is 9.10. The van der Waals surface area contributed by atoms with E-state index >= 15 is 0 Å². The number of pyridine rings is 1. The number of carbonyl (C=O) groups is 1. The molecule has 0 amide bonds. The first-order valence-corrected chi connectivity index (χ1v) is 6.63. The van der Waals surface area contributed by atoms with Gasteiger partial charge in [-0.1, -0.05) is 11.8 Å². The lowest BCUT2D eigenvalue weighted by Crippen LogP contribution is -2.11. The van der Waals surface area contributed by atoms with E-state index in [0.29, 0.717) is 10.9 Å². The zero-order valence-electron chi connectivity index (χ0n) is 9.02. The Bertz CT molecular complexity index is 561. The summed E-state index contributed by atoms with van der Waals surface area (Å²) in [7, 11) is 0. The zero-order valence-corrected chi connectivity index (χ0v) is 11.4. The molecule has 1 N–H and O–H groups in total. The molecular formula is C9H8BrN5O2S.